The van der Waals surface area contributed by atoms with E-state index >= 15 is 0 Å². The molecule has 0 heterocycles. The molecule has 0 saturated heterocycles. The molecule has 0 bridgehead atoms. The molecular formula is C17H22N2OSi. The Kier molecular flexibility index (Phi) is 4.93. The lowest BCUT2D eigenvalue weighted by Crippen LogP contribution is -2.49. The lowest BCUT2D eigenvalue weighted by molar-refractivity contribution is -0.121. The maximum absolute atomic E-state index is 11.9. The molecule has 0 fully saturated rings. The van der Waals surface area contributed by atoms with Crippen molar-refractivity contribution in [3.63, 3.8) is 0 Å². The molecule has 0 spiro atoms. The molecule has 110 valence electrons. The molecule has 0 saturated carbocycles. The summed E-state index contributed by atoms with van der Waals surface area (Å²) in [6.07, 6.45) is 0.425. The van der Waals surface area contributed by atoms with Crippen LogP contribution in [0.4, 0.5) is 0 Å². The smallest absolute Gasteiger partial charge is 0.234 e. The largest absolute Gasteiger partial charge is 0.294 e. The molecule has 1 unspecified atom stereocenters. The van der Waals surface area contributed by atoms with Crippen LogP contribution in [0.25, 0.3) is 0 Å². The highest BCUT2D eigenvalue weighted by molar-refractivity contribution is 6.91. The lowest BCUT2D eigenvalue weighted by Gasteiger charge is -2.33. The Morgan fingerprint density at radius 1 is 1.05 bits per heavy atom. The Bertz CT molecular complexity index is 584. The van der Waals surface area contributed by atoms with E-state index in [1.165, 1.54) is 10.8 Å². The summed E-state index contributed by atoms with van der Waals surface area (Å²) in [5, 5.41) is 1.35. The first kappa shape index (κ1) is 15.5. The first-order chi connectivity index (χ1) is 10.1. The van der Waals surface area contributed by atoms with Gasteiger partial charge in [-0.15, -0.1) is 0 Å². The second kappa shape index (κ2) is 6.69. The Balaban J connectivity index is 2.41. The molecule has 4 heteroatoms. The fraction of sp³-hybridized carbons (Fsp3) is 0.235. The van der Waals surface area contributed by atoms with Crippen LogP contribution in [0, 0.1) is 0 Å². The van der Waals surface area contributed by atoms with Crippen LogP contribution in [0.3, 0.4) is 0 Å². The van der Waals surface area contributed by atoms with E-state index in [0.29, 0.717) is 6.42 Å². The zero-order chi connectivity index (χ0) is 15.3. The summed E-state index contributed by atoms with van der Waals surface area (Å²) in [4.78, 5) is 11.9. The van der Waals surface area contributed by atoms with Crippen LogP contribution in [-0.2, 0) is 4.79 Å². The normalized spacial score (nSPS) is 12.7. The number of hydrogen-bond donors (Lipinski definition) is 2. The maximum atomic E-state index is 11.9. The van der Waals surface area contributed by atoms with E-state index in [1.54, 1.807) is 0 Å². The highest BCUT2D eigenvalue weighted by Crippen LogP contribution is 2.30. The van der Waals surface area contributed by atoms with Gasteiger partial charge >= 0.3 is 0 Å². The van der Waals surface area contributed by atoms with Crippen molar-refractivity contribution in [1.82, 2.24) is 5.43 Å². The van der Waals surface area contributed by atoms with Crippen LogP contribution >= 0.6 is 0 Å². The number of hydrogen-bond acceptors (Lipinski definition) is 2. The Morgan fingerprint density at radius 2 is 1.57 bits per heavy atom. The highest BCUT2D eigenvalue weighted by Gasteiger charge is 2.35. The predicted octanol–water partition coefficient (Wildman–Crippen LogP) is 2.30. The predicted molar refractivity (Wildman–Crippen MR) is 89.7 cm³/mol. The molecule has 1 amide bonds. The van der Waals surface area contributed by atoms with Crippen LogP contribution in [0.15, 0.2) is 60.7 Å². The summed E-state index contributed by atoms with van der Waals surface area (Å²) in [6, 6.07) is 20.8. The summed E-state index contributed by atoms with van der Waals surface area (Å²) < 4.78 is 0. The maximum Gasteiger partial charge on any atom is 0.234 e. The molecule has 3 nitrogen and oxygen atoms in total. The van der Waals surface area contributed by atoms with E-state index in [-0.39, 0.29) is 11.4 Å². The van der Waals surface area contributed by atoms with E-state index < -0.39 is 8.07 Å². The molecule has 0 aromatic heterocycles. The van der Waals surface area contributed by atoms with Gasteiger partial charge in [-0.2, -0.15) is 0 Å². The molecule has 21 heavy (non-hydrogen) atoms. The second-order valence-electron chi connectivity index (χ2n) is 5.82. The minimum absolute atomic E-state index is 0.111. The minimum Gasteiger partial charge on any atom is -0.294 e. The number of carbonyl (C=O) groups excluding carboxylic acids is 1. The van der Waals surface area contributed by atoms with Gasteiger partial charge in [-0.25, -0.2) is 5.84 Å². The molecule has 2 aromatic rings. The van der Waals surface area contributed by atoms with Gasteiger partial charge in [-0.1, -0.05) is 78.9 Å². The highest BCUT2D eigenvalue weighted by atomic mass is 28.3. The van der Waals surface area contributed by atoms with Gasteiger partial charge < -0.3 is 0 Å². The van der Waals surface area contributed by atoms with Crippen LogP contribution in [0.5, 0.6) is 0 Å². The van der Waals surface area contributed by atoms with Gasteiger partial charge in [-0.3, -0.25) is 10.2 Å². The van der Waals surface area contributed by atoms with E-state index in [1.807, 2.05) is 24.3 Å². The summed E-state index contributed by atoms with van der Waals surface area (Å²) in [5.74, 6) is 5.19. The first-order valence-electron chi connectivity index (χ1n) is 7.15. The summed E-state index contributed by atoms with van der Waals surface area (Å²) in [6.45, 7) is 4.62. The second-order valence-corrected chi connectivity index (χ2v) is 10.5. The number of nitrogens with two attached hydrogens (primary N) is 1. The van der Waals surface area contributed by atoms with Crippen molar-refractivity contribution in [1.29, 1.82) is 0 Å². The summed E-state index contributed by atoms with van der Waals surface area (Å²) >= 11 is 0. The van der Waals surface area contributed by atoms with Crippen LogP contribution in [0.2, 0.25) is 13.1 Å². The quantitative estimate of drug-likeness (QED) is 0.385. The number of carbonyl (C=O) groups is 1. The molecular weight excluding hydrogens is 276 g/mol. The van der Waals surface area contributed by atoms with Gasteiger partial charge in [0.15, 0.2) is 0 Å². The fourth-order valence-corrected chi connectivity index (χ4v) is 5.96. The molecule has 0 aliphatic heterocycles. The van der Waals surface area contributed by atoms with Gasteiger partial charge in [0.2, 0.25) is 5.91 Å². The monoisotopic (exact) mass is 298 g/mol. The van der Waals surface area contributed by atoms with Crippen molar-refractivity contribution in [2.75, 3.05) is 0 Å². The van der Waals surface area contributed by atoms with E-state index in [9.17, 15) is 4.79 Å². The van der Waals surface area contributed by atoms with Crippen molar-refractivity contribution in [3.05, 3.63) is 66.2 Å². The topological polar surface area (TPSA) is 55.1 Å². The van der Waals surface area contributed by atoms with Crippen molar-refractivity contribution in [3.8, 4) is 0 Å². The zero-order valence-corrected chi connectivity index (χ0v) is 13.5. The molecule has 2 rings (SSSR count). The molecule has 0 aliphatic rings. The first-order valence-corrected chi connectivity index (χ1v) is 10.2. The van der Waals surface area contributed by atoms with Gasteiger partial charge in [0.05, 0.1) is 8.07 Å². The van der Waals surface area contributed by atoms with Crippen molar-refractivity contribution in [2.24, 2.45) is 5.84 Å². The Labute approximate surface area is 127 Å². The number of benzene rings is 2. The Hall–Kier alpha value is -1.91. The average molecular weight is 298 g/mol. The molecule has 3 N–H and O–H groups in total. The van der Waals surface area contributed by atoms with E-state index in [0.717, 1.165) is 0 Å². The average Bonchev–Trinajstić information content (AvgIpc) is 2.53. The van der Waals surface area contributed by atoms with E-state index in [4.69, 9.17) is 5.84 Å². The van der Waals surface area contributed by atoms with Gasteiger partial charge in [0.25, 0.3) is 0 Å². The third-order valence-electron chi connectivity index (χ3n) is 4.14. The van der Waals surface area contributed by atoms with Gasteiger partial charge in [0, 0.05) is 6.42 Å². The number of hydrazine groups is 1. The lowest BCUT2D eigenvalue weighted by atomic mass is 10.1. The van der Waals surface area contributed by atoms with Gasteiger partial charge in [-0.05, 0) is 11.1 Å². The van der Waals surface area contributed by atoms with E-state index in [2.05, 4.69) is 54.9 Å². The summed E-state index contributed by atoms with van der Waals surface area (Å²) in [5.41, 5.74) is 3.68. The molecule has 0 radical (unpaired) electrons. The van der Waals surface area contributed by atoms with Crippen molar-refractivity contribution in [2.45, 2.75) is 25.1 Å². The molecule has 1 atom stereocenters. The van der Waals surface area contributed by atoms with Crippen LogP contribution < -0.4 is 16.5 Å². The number of amides is 1. The molecule has 2 aromatic carbocycles. The summed E-state index contributed by atoms with van der Waals surface area (Å²) in [7, 11) is -1.85. The van der Waals surface area contributed by atoms with Crippen molar-refractivity contribution < 1.29 is 4.79 Å². The zero-order valence-electron chi connectivity index (χ0n) is 12.5. The molecule has 0 aliphatic carbocycles. The van der Waals surface area contributed by atoms with Crippen LogP contribution in [0.1, 0.15) is 17.5 Å². The fourth-order valence-electron chi connectivity index (χ4n) is 2.79. The third kappa shape index (κ3) is 3.59. The third-order valence-corrected chi connectivity index (χ3v) is 8.24. The number of nitrogens with one attached hydrogen (secondary N) is 1. The van der Waals surface area contributed by atoms with Crippen LogP contribution in [-0.4, -0.2) is 14.0 Å². The Morgan fingerprint density at radius 3 is 2.10 bits per heavy atom. The minimum atomic E-state index is -1.85. The van der Waals surface area contributed by atoms with Gasteiger partial charge in [0.1, 0.15) is 0 Å². The number of rotatable bonds is 5. The standard InChI is InChI=1S/C17H22N2OSi/c1-21(2,15-11-7-4-8-12-15)16(13-17(20)19-18)14-9-5-3-6-10-14/h3-12,16H,13,18H2,1-2H3,(H,19,20). The van der Waals surface area contributed by atoms with Crippen molar-refractivity contribution >= 4 is 19.2 Å². The SMILES string of the molecule is C[Si](C)(c1ccccc1)C(CC(=O)NN)c1ccccc1.